The Kier molecular flexibility index (Phi) is 2.91. The highest BCUT2D eigenvalue weighted by atomic mass is 16.6. The smallest absolute Gasteiger partial charge is 0.254 e. The first-order valence-corrected chi connectivity index (χ1v) is 8.08. The Hall–Kier alpha value is -1.89. The average Bonchev–Trinajstić information content (AvgIpc) is 3.04. The largest absolute Gasteiger partial charge is 0.447 e. The first-order valence-electron chi connectivity index (χ1n) is 8.08. The topological polar surface area (TPSA) is 84.7 Å². The van der Waals surface area contributed by atoms with Gasteiger partial charge >= 0.3 is 0 Å². The quantitative estimate of drug-likeness (QED) is 0.877. The maximum Gasteiger partial charge on any atom is 0.254 e. The zero-order valence-corrected chi connectivity index (χ0v) is 13.4. The number of ether oxygens (including phenoxy) is 1. The number of aromatic nitrogens is 1. The number of nitrogens with zero attached hydrogens (tertiary/aromatic N) is 2. The molecule has 1 spiro atoms. The van der Waals surface area contributed by atoms with Crippen LogP contribution in [0.25, 0.3) is 0 Å². The predicted molar refractivity (Wildman–Crippen MR) is 79.3 cm³/mol. The average molecular weight is 319 g/mol. The highest BCUT2D eigenvalue weighted by Gasteiger charge is 2.58. The van der Waals surface area contributed by atoms with Gasteiger partial charge in [-0.25, -0.2) is 4.98 Å². The highest BCUT2D eigenvalue weighted by Crippen LogP contribution is 2.50. The summed E-state index contributed by atoms with van der Waals surface area (Å²) in [6, 6.07) is 0. The van der Waals surface area contributed by atoms with Crippen molar-refractivity contribution in [1.29, 1.82) is 0 Å². The summed E-state index contributed by atoms with van der Waals surface area (Å²) in [5, 5.41) is 2.96. The number of hydrogen-bond donors (Lipinski definition) is 1. The molecule has 3 aliphatic rings. The lowest BCUT2D eigenvalue weighted by Gasteiger charge is -2.41. The Balaban J connectivity index is 1.55. The Labute approximate surface area is 134 Å². The summed E-state index contributed by atoms with van der Waals surface area (Å²) in [5.41, 5.74) is -2.17. The van der Waals surface area contributed by atoms with Crippen LogP contribution in [-0.2, 0) is 19.7 Å². The number of carbonyl (C=O) groups is 2. The van der Waals surface area contributed by atoms with E-state index < -0.39 is 16.7 Å². The second kappa shape index (κ2) is 4.56. The highest BCUT2D eigenvalue weighted by molar-refractivity contribution is 5.91. The third kappa shape index (κ3) is 2.17. The number of likely N-dealkylation sites (tertiary alicyclic amines) is 1. The van der Waals surface area contributed by atoms with E-state index in [2.05, 4.69) is 10.3 Å². The molecule has 0 bridgehead atoms. The normalized spacial score (nSPS) is 31.2. The summed E-state index contributed by atoms with van der Waals surface area (Å²) >= 11 is 0. The summed E-state index contributed by atoms with van der Waals surface area (Å²) in [6.07, 6.45) is 6.08. The van der Waals surface area contributed by atoms with Crippen molar-refractivity contribution < 1.29 is 18.7 Å². The second-order valence-corrected chi connectivity index (χ2v) is 7.34. The Bertz CT molecular complexity index is 650. The van der Waals surface area contributed by atoms with E-state index in [-0.39, 0.29) is 11.8 Å². The van der Waals surface area contributed by atoms with Crippen LogP contribution in [-0.4, -0.2) is 46.1 Å². The lowest BCUT2D eigenvalue weighted by molar-refractivity contribution is -0.154. The van der Waals surface area contributed by atoms with Gasteiger partial charge in [0, 0.05) is 6.54 Å². The summed E-state index contributed by atoms with van der Waals surface area (Å²) in [6.45, 7) is 4.58. The molecule has 3 heterocycles. The fourth-order valence-electron chi connectivity index (χ4n) is 3.74. The number of amides is 2. The van der Waals surface area contributed by atoms with Crippen LogP contribution in [0.15, 0.2) is 17.0 Å². The van der Waals surface area contributed by atoms with Crippen LogP contribution < -0.4 is 5.32 Å². The standard InChI is InChI=1S/C16H21N3O4/c1-14(2)12(20)18-16(23-14)4-3-7-19(9-16)13(21)15(5-6-15)11-8-17-10-22-11/h8,10H,3-7,9H2,1-2H3,(H,18,20). The van der Waals surface area contributed by atoms with Gasteiger partial charge in [0.1, 0.15) is 16.8 Å². The molecule has 7 heteroatoms. The van der Waals surface area contributed by atoms with Gasteiger partial charge in [0.05, 0.1) is 12.7 Å². The van der Waals surface area contributed by atoms with E-state index in [0.717, 1.165) is 25.7 Å². The summed E-state index contributed by atoms with van der Waals surface area (Å²) in [4.78, 5) is 30.9. The minimum Gasteiger partial charge on any atom is -0.447 e. The molecule has 1 saturated carbocycles. The van der Waals surface area contributed by atoms with Crippen LogP contribution in [0.2, 0.25) is 0 Å². The van der Waals surface area contributed by atoms with Gasteiger partial charge in [-0.15, -0.1) is 0 Å². The molecule has 1 aromatic rings. The van der Waals surface area contributed by atoms with Crippen molar-refractivity contribution in [3.63, 3.8) is 0 Å². The second-order valence-electron chi connectivity index (χ2n) is 7.34. The van der Waals surface area contributed by atoms with Crippen molar-refractivity contribution in [3.8, 4) is 0 Å². The number of nitrogens with one attached hydrogen (secondary N) is 1. The minimum atomic E-state index is -0.853. The van der Waals surface area contributed by atoms with Crippen LogP contribution in [0.5, 0.6) is 0 Å². The van der Waals surface area contributed by atoms with Gasteiger partial charge in [0.2, 0.25) is 5.91 Å². The summed E-state index contributed by atoms with van der Waals surface area (Å²) in [7, 11) is 0. The monoisotopic (exact) mass is 319 g/mol. The van der Waals surface area contributed by atoms with Gasteiger partial charge in [-0.05, 0) is 39.5 Å². The molecule has 0 aromatic carbocycles. The number of piperidine rings is 1. The molecule has 2 saturated heterocycles. The maximum atomic E-state index is 13.0. The minimum absolute atomic E-state index is 0.0517. The molecule has 2 amide bonds. The van der Waals surface area contributed by atoms with Crippen molar-refractivity contribution in [2.75, 3.05) is 13.1 Å². The fraction of sp³-hybridized carbons (Fsp3) is 0.688. The van der Waals surface area contributed by atoms with E-state index in [0.29, 0.717) is 18.8 Å². The molecular weight excluding hydrogens is 298 g/mol. The van der Waals surface area contributed by atoms with E-state index in [1.165, 1.54) is 6.39 Å². The third-order valence-electron chi connectivity index (χ3n) is 5.14. The maximum absolute atomic E-state index is 13.0. The lowest BCUT2D eigenvalue weighted by atomic mass is 9.97. The number of carbonyl (C=O) groups excluding carboxylic acids is 2. The molecule has 1 aliphatic carbocycles. The van der Waals surface area contributed by atoms with Crippen LogP contribution in [0.1, 0.15) is 45.3 Å². The molecule has 1 unspecified atom stereocenters. The van der Waals surface area contributed by atoms with Gasteiger partial charge in [-0.1, -0.05) is 0 Å². The van der Waals surface area contributed by atoms with Gasteiger partial charge < -0.3 is 19.4 Å². The van der Waals surface area contributed by atoms with Crippen molar-refractivity contribution in [2.45, 2.75) is 56.3 Å². The van der Waals surface area contributed by atoms with E-state index in [4.69, 9.17) is 9.15 Å². The fourth-order valence-corrected chi connectivity index (χ4v) is 3.74. The van der Waals surface area contributed by atoms with Crippen molar-refractivity contribution in [1.82, 2.24) is 15.2 Å². The first-order chi connectivity index (χ1) is 10.9. The molecule has 3 fully saturated rings. The lowest BCUT2D eigenvalue weighted by Crippen LogP contribution is -2.58. The summed E-state index contributed by atoms with van der Waals surface area (Å²) < 4.78 is 11.4. The molecule has 23 heavy (non-hydrogen) atoms. The van der Waals surface area contributed by atoms with E-state index in [1.807, 2.05) is 0 Å². The Morgan fingerprint density at radius 3 is 2.70 bits per heavy atom. The van der Waals surface area contributed by atoms with Crippen molar-refractivity contribution in [3.05, 3.63) is 18.4 Å². The van der Waals surface area contributed by atoms with Gasteiger partial charge in [-0.3, -0.25) is 9.59 Å². The molecule has 4 rings (SSSR count). The SMILES string of the molecule is CC1(C)OC2(CCCN(C(=O)C3(c4cnco4)CC3)C2)NC1=O. The Morgan fingerprint density at radius 1 is 1.35 bits per heavy atom. The number of hydrogen-bond acceptors (Lipinski definition) is 5. The predicted octanol–water partition coefficient (Wildman–Crippen LogP) is 0.950. The van der Waals surface area contributed by atoms with Crippen molar-refractivity contribution >= 4 is 11.8 Å². The zero-order chi connectivity index (χ0) is 16.3. The number of oxazole rings is 1. The van der Waals surface area contributed by atoms with E-state index >= 15 is 0 Å². The van der Waals surface area contributed by atoms with Gasteiger partial charge in [-0.2, -0.15) is 0 Å². The van der Waals surface area contributed by atoms with Gasteiger partial charge in [0.25, 0.3) is 5.91 Å². The molecule has 1 N–H and O–H groups in total. The van der Waals surface area contributed by atoms with Gasteiger partial charge in [0.15, 0.2) is 12.1 Å². The Morgan fingerprint density at radius 2 is 2.13 bits per heavy atom. The van der Waals surface area contributed by atoms with Crippen LogP contribution in [0, 0.1) is 0 Å². The molecular formula is C16H21N3O4. The van der Waals surface area contributed by atoms with E-state index in [9.17, 15) is 9.59 Å². The number of rotatable bonds is 2. The van der Waals surface area contributed by atoms with Crippen LogP contribution in [0.3, 0.4) is 0 Å². The third-order valence-corrected chi connectivity index (χ3v) is 5.14. The molecule has 7 nitrogen and oxygen atoms in total. The zero-order valence-electron chi connectivity index (χ0n) is 13.4. The molecule has 124 valence electrons. The van der Waals surface area contributed by atoms with Crippen LogP contribution in [0.4, 0.5) is 0 Å². The van der Waals surface area contributed by atoms with Crippen LogP contribution >= 0.6 is 0 Å². The molecule has 0 radical (unpaired) electrons. The van der Waals surface area contributed by atoms with Crippen molar-refractivity contribution in [2.24, 2.45) is 0 Å². The summed E-state index contributed by atoms with van der Waals surface area (Å²) in [5.74, 6) is 0.567. The first kappa shape index (κ1) is 14.7. The molecule has 1 atom stereocenters. The molecule has 2 aliphatic heterocycles. The van der Waals surface area contributed by atoms with E-state index in [1.54, 1.807) is 24.9 Å². The molecule has 1 aromatic heterocycles.